The summed E-state index contributed by atoms with van der Waals surface area (Å²) in [5.41, 5.74) is 0. The van der Waals surface area contributed by atoms with E-state index >= 15 is 0 Å². The Morgan fingerprint density at radius 2 is 2.12 bits per heavy atom. The lowest BCUT2D eigenvalue weighted by Crippen LogP contribution is -2.24. The standard InChI is InChI=1S/C8H7BrF3N3O2/c9-5-1-14-6(2-13-5)15-7(16)3-17-4-8(10,11)12/h1-2H,3-4H2,(H,14,15,16). The highest BCUT2D eigenvalue weighted by atomic mass is 79.9. The van der Waals surface area contributed by atoms with Crippen LogP contribution in [0, 0.1) is 0 Å². The summed E-state index contributed by atoms with van der Waals surface area (Å²) in [6, 6.07) is 0. The van der Waals surface area contributed by atoms with E-state index in [0.717, 1.165) is 0 Å². The summed E-state index contributed by atoms with van der Waals surface area (Å²) < 4.78 is 39.7. The number of nitrogens with zero attached hydrogens (tertiary/aromatic N) is 2. The fourth-order valence-electron chi connectivity index (χ4n) is 0.815. The molecule has 0 unspecified atom stereocenters. The Bertz CT molecular complexity index is 383. The van der Waals surface area contributed by atoms with E-state index in [-0.39, 0.29) is 5.82 Å². The molecule has 1 aromatic heterocycles. The molecule has 94 valence electrons. The molecule has 1 aromatic rings. The molecule has 17 heavy (non-hydrogen) atoms. The molecule has 5 nitrogen and oxygen atoms in total. The summed E-state index contributed by atoms with van der Waals surface area (Å²) in [5.74, 6) is -0.598. The van der Waals surface area contributed by atoms with E-state index in [1.54, 1.807) is 0 Å². The minimum absolute atomic E-state index is 0.133. The molecule has 1 N–H and O–H groups in total. The quantitative estimate of drug-likeness (QED) is 0.920. The van der Waals surface area contributed by atoms with Crippen LogP contribution in [-0.4, -0.2) is 35.3 Å². The first-order chi connectivity index (χ1) is 7.87. The fraction of sp³-hybridized carbons (Fsp3) is 0.375. The van der Waals surface area contributed by atoms with Gasteiger partial charge in [-0.3, -0.25) is 4.79 Å². The van der Waals surface area contributed by atoms with Gasteiger partial charge in [0.1, 0.15) is 17.8 Å². The molecule has 9 heteroatoms. The number of nitrogens with one attached hydrogen (secondary N) is 1. The Morgan fingerprint density at radius 1 is 1.41 bits per heavy atom. The van der Waals surface area contributed by atoms with Crippen LogP contribution in [0.1, 0.15) is 0 Å². The Morgan fingerprint density at radius 3 is 2.65 bits per heavy atom. The first-order valence-corrected chi connectivity index (χ1v) is 5.08. The molecule has 0 aliphatic heterocycles. The van der Waals surface area contributed by atoms with Gasteiger partial charge in [-0.25, -0.2) is 9.97 Å². The molecule has 1 amide bonds. The van der Waals surface area contributed by atoms with Crippen molar-refractivity contribution in [2.45, 2.75) is 6.18 Å². The van der Waals surface area contributed by atoms with Crippen molar-refractivity contribution in [3.63, 3.8) is 0 Å². The molecule has 0 fully saturated rings. The average molecular weight is 314 g/mol. The molecule has 1 rings (SSSR count). The van der Waals surface area contributed by atoms with E-state index < -0.39 is 25.3 Å². The van der Waals surface area contributed by atoms with Crippen LogP contribution in [0.5, 0.6) is 0 Å². The maximum atomic E-state index is 11.7. The second-order valence-electron chi connectivity index (χ2n) is 2.88. The van der Waals surface area contributed by atoms with Crippen molar-refractivity contribution in [3.05, 3.63) is 17.0 Å². The molecule has 1 heterocycles. The van der Waals surface area contributed by atoms with E-state index in [9.17, 15) is 18.0 Å². The summed E-state index contributed by atoms with van der Waals surface area (Å²) in [4.78, 5) is 18.6. The summed E-state index contributed by atoms with van der Waals surface area (Å²) >= 11 is 3.04. The summed E-state index contributed by atoms with van der Waals surface area (Å²) in [5, 5.41) is 2.23. The number of alkyl halides is 3. The first-order valence-electron chi connectivity index (χ1n) is 4.29. The number of hydrogen-bond acceptors (Lipinski definition) is 4. The zero-order chi connectivity index (χ0) is 12.9. The average Bonchev–Trinajstić information content (AvgIpc) is 2.19. The van der Waals surface area contributed by atoms with E-state index in [1.165, 1.54) is 12.4 Å². The van der Waals surface area contributed by atoms with Gasteiger partial charge < -0.3 is 10.1 Å². The molecular formula is C8H7BrF3N3O2. The van der Waals surface area contributed by atoms with Gasteiger partial charge in [-0.05, 0) is 15.9 Å². The highest BCUT2D eigenvalue weighted by molar-refractivity contribution is 9.10. The second kappa shape index (κ2) is 5.92. The minimum Gasteiger partial charge on any atom is -0.362 e. The van der Waals surface area contributed by atoms with Crippen molar-refractivity contribution in [2.75, 3.05) is 18.5 Å². The number of aromatic nitrogens is 2. The predicted molar refractivity (Wildman–Crippen MR) is 55.2 cm³/mol. The largest absolute Gasteiger partial charge is 0.411 e. The van der Waals surface area contributed by atoms with Crippen molar-refractivity contribution in [1.82, 2.24) is 9.97 Å². The SMILES string of the molecule is O=C(COCC(F)(F)F)Nc1cnc(Br)cn1. The van der Waals surface area contributed by atoms with Gasteiger partial charge in [0.2, 0.25) is 0 Å². The Kier molecular flexibility index (Phi) is 4.82. The predicted octanol–water partition coefficient (Wildman–Crippen LogP) is 1.76. The van der Waals surface area contributed by atoms with E-state index in [4.69, 9.17) is 0 Å². The Labute approximate surface area is 103 Å². The summed E-state index contributed by atoms with van der Waals surface area (Å²) in [7, 11) is 0. The normalized spacial score (nSPS) is 11.3. The number of ether oxygens (including phenoxy) is 1. The molecule has 0 aliphatic rings. The molecule has 0 aromatic carbocycles. The van der Waals surface area contributed by atoms with Gasteiger partial charge in [-0.2, -0.15) is 13.2 Å². The second-order valence-corrected chi connectivity index (χ2v) is 3.69. The van der Waals surface area contributed by atoms with Gasteiger partial charge >= 0.3 is 6.18 Å². The lowest BCUT2D eigenvalue weighted by Gasteiger charge is -2.07. The number of carbonyl (C=O) groups excluding carboxylic acids is 1. The molecule has 0 bridgehead atoms. The third kappa shape index (κ3) is 6.17. The highest BCUT2D eigenvalue weighted by Gasteiger charge is 2.27. The number of carbonyl (C=O) groups is 1. The van der Waals surface area contributed by atoms with Gasteiger partial charge in [0.05, 0.1) is 12.4 Å². The van der Waals surface area contributed by atoms with Gasteiger partial charge in [0.15, 0.2) is 5.82 Å². The first kappa shape index (κ1) is 13.8. The minimum atomic E-state index is -4.45. The summed E-state index contributed by atoms with van der Waals surface area (Å²) in [6.07, 6.45) is -1.85. The lowest BCUT2D eigenvalue weighted by molar-refractivity contribution is -0.174. The third-order valence-corrected chi connectivity index (χ3v) is 1.80. The van der Waals surface area contributed by atoms with E-state index in [2.05, 4.69) is 36.0 Å². The van der Waals surface area contributed by atoms with Crippen LogP contribution >= 0.6 is 15.9 Å². The number of amides is 1. The third-order valence-electron chi connectivity index (χ3n) is 1.39. The Balaban J connectivity index is 2.32. The zero-order valence-electron chi connectivity index (χ0n) is 8.29. The number of rotatable bonds is 4. The van der Waals surface area contributed by atoms with Crippen molar-refractivity contribution in [2.24, 2.45) is 0 Å². The van der Waals surface area contributed by atoms with Gasteiger partial charge in [0.25, 0.3) is 5.91 Å². The molecule has 0 radical (unpaired) electrons. The topological polar surface area (TPSA) is 64.1 Å². The smallest absolute Gasteiger partial charge is 0.362 e. The van der Waals surface area contributed by atoms with Crippen LogP contribution in [-0.2, 0) is 9.53 Å². The maximum Gasteiger partial charge on any atom is 0.411 e. The van der Waals surface area contributed by atoms with Crippen molar-refractivity contribution in [1.29, 1.82) is 0 Å². The fourth-order valence-corrected chi connectivity index (χ4v) is 1.02. The van der Waals surface area contributed by atoms with Gasteiger partial charge in [0, 0.05) is 0 Å². The molecule has 0 aliphatic carbocycles. The van der Waals surface area contributed by atoms with Crippen LogP contribution < -0.4 is 5.32 Å². The monoisotopic (exact) mass is 313 g/mol. The zero-order valence-corrected chi connectivity index (χ0v) is 9.88. The van der Waals surface area contributed by atoms with Crippen molar-refractivity contribution in [3.8, 4) is 0 Å². The molecule has 0 spiro atoms. The van der Waals surface area contributed by atoms with Gasteiger partial charge in [-0.1, -0.05) is 0 Å². The molecule has 0 saturated carbocycles. The van der Waals surface area contributed by atoms with E-state index in [0.29, 0.717) is 4.60 Å². The van der Waals surface area contributed by atoms with Crippen LogP contribution in [0.4, 0.5) is 19.0 Å². The van der Waals surface area contributed by atoms with Crippen LogP contribution in [0.15, 0.2) is 17.0 Å². The number of halogens is 4. The lowest BCUT2D eigenvalue weighted by atomic mass is 10.5. The number of hydrogen-bond donors (Lipinski definition) is 1. The van der Waals surface area contributed by atoms with Crippen molar-refractivity contribution < 1.29 is 22.7 Å². The maximum absolute atomic E-state index is 11.7. The number of anilines is 1. The molecule has 0 saturated heterocycles. The highest BCUT2D eigenvalue weighted by Crippen LogP contribution is 2.14. The van der Waals surface area contributed by atoms with E-state index in [1.807, 2.05) is 0 Å². The Hall–Kier alpha value is -1.22. The van der Waals surface area contributed by atoms with Crippen LogP contribution in [0.25, 0.3) is 0 Å². The van der Waals surface area contributed by atoms with Crippen LogP contribution in [0.2, 0.25) is 0 Å². The van der Waals surface area contributed by atoms with Crippen LogP contribution in [0.3, 0.4) is 0 Å². The van der Waals surface area contributed by atoms with Gasteiger partial charge in [-0.15, -0.1) is 0 Å². The molecular weight excluding hydrogens is 307 g/mol. The summed E-state index contributed by atoms with van der Waals surface area (Å²) in [6.45, 7) is -2.16. The molecule has 0 atom stereocenters. The van der Waals surface area contributed by atoms with Crippen molar-refractivity contribution >= 4 is 27.7 Å².